The number of ether oxygens (including phenoxy) is 1. The Morgan fingerprint density at radius 2 is 1.61 bits per heavy atom. The molecule has 0 atom stereocenters. The molecule has 0 aromatic heterocycles. The van der Waals surface area contributed by atoms with Gasteiger partial charge in [0.2, 0.25) is 0 Å². The van der Waals surface area contributed by atoms with Gasteiger partial charge in [-0.1, -0.05) is 0 Å². The summed E-state index contributed by atoms with van der Waals surface area (Å²) in [6.07, 6.45) is 0. The second-order valence-corrected chi connectivity index (χ2v) is 6.22. The summed E-state index contributed by atoms with van der Waals surface area (Å²) in [4.78, 5) is 8.92. The van der Waals surface area contributed by atoms with Crippen LogP contribution in [0.5, 0.6) is 0 Å². The van der Waals surface area contributed by atoms with Crippen molar-refractivity contribution in [3.63, 3.8) is 0 Å². The normalized spacial score (nSPS) is 13.3. The molecule has 0 saturated carbocycles. The van der Waals surface area contributed by atoms with E-state index in [0.717, 1.165) is 19.0 Å². The smallest absolute Gasteiger partial charge is 0.0916 e. The minimum atomic E-state index is -0.202. The van der Waals surface area contributed by atoms with E-state index in [1.54, 1.807) is 7.11 Å². The molecule has 4 heteroatoms. The van der Waals surface area contributed by atoms with E-state index >= 15 is 0 Å². The van der Waals surface area contributed by atoms with Gasteiger partial charge < -0.3 is 4.74 Å². The van der Waals surface area contributed by atoms with Crippen molar-refractivity contribution in [3.05, 3.63) is 0 Å². The number of aliphatic imine (C=N–C) groups is 1. The van der Waals surface area contributed by atoms with Gasteiger partial charge in [0.25, 0.3) is 0 Å². The highest BCUT2D eigenvalue weighted by Crippen LogP contribution is 2.29. The van der Waals surface area contributed by atoms with Crippen molar-refractivity contribution in [2.75, 3.05) is 34.5 Å². The Kier molecular flexibility index (Phi) is 6.47. The standard InChI is InChI=1S/C14H31N3O/c1-12(2)15-10-16(7)11-17(8)13(3,4)14(5,6)18-9/h10-11H2,1-9H3. The number of hydrogen-bond acceptors (Lipinski definition) is 4. The molecule has 0 aliphatic heterocycles. The zero-order chi connectivity index (χ0) is 14.6. The Morgan fingerprint density at radius 1 is 1.11 bits per heavy atom. The van der Waals surface area contributed by atoms with Gasteiger partial charge in [0.1, 0.15) is 0 Å². The van der Waals surface area contributed by atoms with Crippen LogP contribution in [0.1, 0.15) is 41.5 Å². The molecule has 0 heterocycles. The SMILES string of the molecule is COC(C)(C)C(C)(C)N(C)CN(C)CN=C(C)C. The summed E-state index contributed by atoms with van der Waals surface area (Å²) < 4.78 is 5.62. The van der Waals surface area contributed by atoms with Crippen molar-refractivity contribution < 1.29 is 4.74 Å². The maximum atomic E-state index is 5.62. The van der Waals surface area contributed by atoms with E-state index in [-0.39, 0.29) is 11.1 Å². The molecule has 0 fully saturated rings. The minimum absolute atomic E-state index is 0.0546. The van der Waals surface area contributed by atoms with Crippen molar-refractivity contribution in [1.82, 2.24) is 9.80 Å². The van der Waals surface area contributed by atoms with E-state index in [0.29, 0.717) is 0 Å². The lowest BCUT2D eigenvalue weighted by atomic mass is 9.84. The third kappa shape index (κ3) is 4.67. The molecule has 0 bridgehead atoms. The van der Waals surface area contributed by atoms with Gasteiger partial charge in [0, 0.05) is 18.4 Å². The summed E-state index contributed by atoms with van der Waals surface area (Å²) in [6, 6.07) is 0. The van der Waals surface area contributed by atoms with Gasteiger partial charge in [0.15, 0.2) is 0 Å². The highest BCUT2D eigenvalue weighted by Gasteiger charge is 2.40. The lowest BCUT2D eigenvalue weighted by Crippen LogP contribution is -2.59. The molecular weight excluding hydrogens is 226 g/mol. The van der Waals surface area contributed by atoms with Crippen molar-refractivity contribution in [3.8, 4) is 0 Å². The molecule has 0 amide bonds. The molecule has 0 rings (SSSR count). The van der Waals surface area contributed by atoms with Crippen LogP contribution in [0.15, 0.2) is 4.99 Å². The van der Waals surface area contributed by atoms with E-state index in [2.05, 4.69) is 56.6 Å². The molecular formula is C14H31N3O. The van der Waals surface area contributed by atoms with Crippen LogP contribution in [0.25, 0.3) is 0 Å². The first-order valence-electron chi connectivity index (χ1n) is 6.47. The van der Waals surface area contributed by atoms with Crippen LogP contribution in [0, 0.1) is 0 Å². The summed E-state index contributed by atoms with van der Waals surface area (Å²) in [7, 11) is 5.97. The summed E-state index contributed by atoms with van der Waals surface area (Å²) in [6.45, 7) is 14.3. The van der Waals surface area contributed by atoms with Crippen molar-refractivity contribution in [2.45, 2.75) is 52.7 Å². The third-order valence-electron chi connectivity index (χ3n) is 4.02. The lowest BCUT2D eigenvalue weighted by molar-refractivity contribution is -0.101. The predicted octanol–water partition coefficient (Wildman–Crippen LogP) is 2.45. The average Bonchev–Trinajstić information content (AvgIpc) is 2.25. The largest absolute Gasteiger partial charge is 0.377 e. The average molecular weight is 257 g/mol. The Balaban J connectivity index is 4.57. The predicted molar refractivity (Wildman–Crippen MR) is 79.2 cm³/mol. The van der Waals surface area contributed by atoms with Gasteiger partial charge >= 0.3 is 0 Å². The van der Waals surface area contributed by atoms with Gasteiger partial charge in [-0.25, -0.2) is 0 Å². The van der Waals surface area contributed by atoms with Crippen molar-refractivity contribution in [1.29, 1.82) is 0 Å². The van der Waals surface area contributed by atoms with Crippen LogP contribution in [0.3, 0.4) is 0 Å². The van der Waals surface area contributed by atoms with Crippen LogP contribution in [-0.4, -0.2) is 61.2 Å². The molecule has 0 N–H and O–H groups in total. The van der Waals surface area contributed by atoms with E-state index in [1.807, 2.05) is 13.8 Å². The first-order chi connectivity index (χ1) is 8.04. The van der Waals surface area contributed by atoms with E-state index in [9.17, 15) is 0 Å². The van der Waals surface area contributed by atoms with Gasteiger partial charge in [-0.15, -0.1) is 0 Å². The maximum Gasteiger partial charge on any atom is 0.0916 e. The van der Waals surface area contributed by atoms with E-state index < -0.39 is 0 Å². The molecule has 0 saturated heterocycles. The molecule has 0 aromatic carbocycles. The van der Waals surface area contributed by atoms with Crippen molar-refractivity contribution >= 4 is 5.71 Å². The Labute approximate surface area is 113 Å². The molecule has 0 aliphatic rings. The van der Waals surface area contributed by atoms with Crippen LogP contribution in [-0.2, 0) is 4.74 Å². The zero-order valence-corrected chi connectivity index (χ0v) is 13.7. The molecule has 18 heavy (non-hydrogen) atoms. The molecule has 0 aliphatic carbocycles. The molecule has 0 aromatic rings. The topological polar surface area (TPSA) is 28.1 Å². The molecule has 4 nitrogen and oxygen atoms in total. The number of rotatable bonds is 7. The van der Waals surface area contributed by atoms with Gasteiger partial charge in [-0.2, -0.15) is 0 Å². The fourth-order valence-corrected chi connectivity index (χ4v) is 1.56. The van der Waals surface area contributed by atoms with Gasteiger partial charge in [-0.05, 0) is 55.6 Å². The fraction of sp³-hybridized carbons (Fsp3) is 0.929. The van der Waals surface area contributed by atoms with Crippen molar-refractivity contribution in [2.24, 2.45) is 4.99 Å². The van der Waals surface area contributed by atoms with Crippen LogP contribution >= 0.6 is 0 Å². The Hall–Kier alpha value is -0.450. The van der Waals surface area contributed by atoms with E-state index in [1.165, 1.54) is 0 Å². The minimum Gasteiger partial charge on any atom is -0.377 e. The summed E-state index contributed by atoms with van der Waals surface area (Å²) in [5.41, 5.74) is 0.856. The first kappa shape index (κ1) is 17.6. The first-order valence-corrected chi connectivity index (χ1v) is 6.47. The number of methoxy groups -OCH3 is 1. The van der Waals surface area contributed by atoms with Gasteiger partial charge in [-0.3, -0.25) is 14.8 Å². The molecule has 108 valence electrons. The van der Waals surface area contributed by atoms with Crippen LogP contribution in [0.4, 0.5) is 0 Å². The maximum absolute atomic E-state index is 5.62. The van der Waals surface area contributed by atoms with Gasteiger partial charge in [0.05, 0.1) is 18.9 Å². The Morgan fingerprint density at radius 3 is 2.00 bits per heavy atom. The third-order valence-corrected chi connectivity index (χ3v) is 4.02. The highest BCUT2D eigenvalue weighted by molar-refractivity contribution is 5.78. The van der Waals surface area contributed by atoms with Crippen LogP contribution in [0.2, 0.25) is 0 Å². The molecule has 0 unspecified atom stereocenters. The Bertz CT molecular complexity index is 281. The summed E-state index contributed by atoms with van der Waals surface area (Å²) in [5.74, 6) is 0. The number of likely N-dealkylation sites (N-methyl/N-ethyl adjacent to an activating group) is 1. The number of hydrogen-bond donors (Lipinski definition) is 0. The number of nitrogens with zero attached hydrogens (tertiary/aromatic N) is 3. The highest BCUT2D eigenvalue weighted by atomic mass is 16.5. The zero-order valence-electron chi connectivity index (χ0n) is 13.7. The van der Waals surface area contributed by atoms with E-state index in [4.69, 9.17) is 4.74 Å². The monoisotopic (exact) mass is 257 g/mol. The second kappa shape index (κ2) is 6.64. The molecule has 0 spiro atoms. The van der Waals surface area contributed by atoms with Crippen LogP contribution < -0.4 is 0 Å². The summed E-state index contributed by atoms with van der Waals surface area (Å²) >= 11 is 0. The fourth-order valence-electron chi connectivity index (χ4n) is 1.56. The quantitative estimate of drug-likeness (QED) is 0.518. The lowest BCUT2D eigenvalue weighted by Gasteiger charge is -2.47. The molecule has 0 radical (unpaired) electrons. The second-order valence-electron chi connectivity index (χ2n) is 6.22. The summed E-state index contributed by atoms with van der Waals surface area (Å²) in [5, 5.41) is 0.